The van der Waals surface area contributed by atoms with Crippen LogP contribution in [0, 0.1) is 0 Å². The molecule has 2 aliphatic heterocycles. The van der Waals surface area contributed by atoms with Crippen LogP contribution in [-0.4, -0.2) is 61.0 Å². The predicted octanol–water partition coefficient (Wildman–Crippen LogP) is -5.21. The molecule has 0 fully saturated rings. The van der Waals surface area contributed by atoms with Crippen LogP contribution in [0.25, 0.3) is 10.8 Å². The molecule has 0 N–H and O–H groups in total. The van der Waals surface area contributed by atoms with Gasteiger partial charge in [0.15, 0.2) is 12.3 Å². The topological polar surface area (TPSA) is 202 Å². The van der Waals surface area contributed by atoms with Crippen molar-refractivity contribution in [2.24, 2.45) is 0 Å². The minimum atomic E-state index is -5.03. The first-order valence-corrected chi connectivity index (χ1v) is 20.2. The van der Waals surface area contributed by atoms with Crippen LogP contribution in [0.2, 0.25) is 0 Å². The molecule has 56 heavy (non-hydrogen) atoms. The van der Waals surface area contributed by atoms with E-state index in [4.69, 9.17) is 0 Å². The third-order valence-corrected chi connectivity index (χ3v) is 11.6. The number of nitrogens with zero attached hydrogens (tertiary/aromatic N) is 2. The standard InChI is InChI=1S/C37H40N2O11S3.3Na/c1-36(2)27-13-10-11-14-28(27)38(20-12-22-52(43,44)45)31(36)15-8-6-5-7-9-16-32-37(3,4)35-29(39(32)21-19-33(40)41)18-17-25-23-26(51-50-49-42)24-30(34(25)35)53(46,47)48;;;/h5-11,13-18,23-24H,12,19-22H2,1-4H3,(H3-,40,41,42,43,44,45,46,47,48);;;/q;3*+1/p-3. The van der Waals surface area contributed by atoms with Gasteiger partial charge in [0, 0.05) is 69.5 Å². The fourth-order valence-corrected chi connectivity index (χ4v) is 8.90. The first-order chi connectivity index (χ1) is 24.9. The Morgan fingerprint density at radius 2 is 1.57 bits per heavy atom. The molecule has 0 spiro atoms. The number of allylic oxidation sites excluding steroid dienone is 8. The number of hydrogen-bond acceptors (Lipinski definition) is 13. The zero-order chi connectivity index (χ0) is 38.8. The summed E-state index contributed by atoms with van der Waals surface area (Å²) >= 11 is 0.452. The molecule has 13 nitrogen and oxygen atoms in total. The van der Waals surface area contributed by atoms with Crippen LogP contribution in [0.3, 0.4) is 0 Å². The van der Waals surface area contributed by atoms with Crippen LogP contribution in [0.5, 0.6) is 0 Å². The number of carbonyl (C=O) groups excluding carboxylic acids is 1. The van der Waals surface area contributed by atoms with Crippen molar-refractivity contribution >= 4 is 66.1 Å². The Hall–Kier alpha value is -1.13. The van der Waals surface area contributed by atoms with Crippen molar-refractivity contribution in [3.63, 3.8) is 0 Å². The second kappa shape index (κ2) is 20.9. The van der Waals surface area contributed by atoms with E-state index >= 15 is 0 Å². The summed E-state index contributed by atoms with van der Waals surface area (Å²) in [5.41, 5.74) is 3.36. The van der Waals surface area contributed by atoms with Gasteiger partial charge in [0.25, 0.3) is 0 Å². The van der Waals surface area contributed by atoms with E-state index in [-0.39, 0.29) is 124 Å². The normalized spacial score (nSPS) is 16.7. The summed E-state index contributed by atoms with van der Waals surface area (Å²) in [6, 6.07) is 13.8. The van der Waals surface area contributed by atoms with Gasteiger partial charge in [0.05, 0.1) is 32.5 Å². The van der Waals surface area contributed by atoms with E-state index in [1.165, 1.54) is 0 Å². The molecule has 0 bridgehead atoms. The Morgan fingerprint density at radius 1 is 0.911 bits per heavy atom. The molecule has 2 aliphatic rings. The van der Waals surface area contributed by atoms with Crippen LogP contribution in [0.15, 0.2) is 107 Å². The van der Waals surface area contributed by atoms with Crippen LogP contribution in [0.1, 0.15) is 51.7 Å². The van der Waals surface area contributed by atoms with Gasteiger partial charge in [-0.3, -0.25) is 5.04 Å². The largest absolute Gasteiger partial charge is 1.00 e. The number of aliphatic carboxylic acids is 1. The van der Waals surface area contributed by atoms with Crippen molar-refractivity contribution in [1.82, 2.24) is 0 Å². The van der Waals surface area contributed by atoms with E-state index in [0.717, 1.165) is 23.0 Å². The molecule has 0 unspecified atom stereocenters. The van der Waals surface area contributed by atoms with Crippen molar-refractivity contribution < 1.29 is 144 Å². The number of hydrogen-bond donors (Lipinski definition) is 0. The molecule has 19 heteroatoms. The van der Waals surface area contributed by atoms with Gasteiger partial charge < -0.3 is 29.2 Å². The molecule has 0 saturated heterocycles. The Morgan fingerprint density at radius 3 is 2.21 bits per heavy atom. The number of fused-ring (bicyclic) bond motifs is 4. The molecule has 0 aromatic heterocycles. The second-order valence-corrected chi connectivity index (χ2v) is 17.2. The summed E-state index contributed by atoms with van der Waals surface area (Å²) in [5, 5.41) is 25.9. The van der Waals surface area contributed by atoms with Gasteiger partial charge in [-0.2, -0.15) is 8.91 Å². The maximum Gasteiger partial charge on any atom is 1.00 e. The number of rotatable bonds is 15. The summed E-state index contributed by atoms with van der Waals surface area (Å²) in [6.07, 6.45) is 12.6. The van der Waals surface area contributed by atoms with Crippen LogP contribution < -0.4 is 104 Å². The molecule has 5 rings (SSSR count). The number of anilines is 1. The summed E-state index contributed by atoms with van der Waals surface area (Å²) in [5.74, 6) is -1.73. The third-order valence-electron chi connectivity index (χ3n) is 9.37. The smallest absolute Gasteiger partial charge is 0.748 e. The monoisotopic (exact) mass is 850 g/mol. The number of carbonyl (C=O) groups is 1. The van der Waals surface area contributed by atoms with Gasteiger partial charge in [0.1, 0.15) is 10.1 Å². The van der Waals surface area contributed by atoms with Crippen molar-refractivity contribution in [3.8, 4) is 0 Å². The second-order valence-electron chi connectivity index (χ2n) is 13.5. The average Bonchev–Trinajstić information content (AvgIpc) is 3.42. The van der Waals surface area contributed by atoms with Crippen molar-refractivity contribution in [1.29, 1.82) is 0 Å². The summed E-state index contributed by atoms with van der Waals surface area (Å²) < 4.78 is 77.6. The molecule has 282 valence electrons. The Bertz CT molecular complexity index is 2320. The Labute approximate surface area is 398 Å². The number of carboxylic acid groups (broad SMARTS) is 1. The maximum absolute atomic E-state index is 12.6. The average molecular weight is 851 g/mol. The molecular weight excluding hydrogens is 814 g/mol. The van der Waals surface area contributed by atoms with Crippen molar-refractivity contribution in [2.75, 3.05) is 23.7 Å². The van der Waals surface area contributed by atoms with Crippen molar-refractivity contribution in [3.05, 3.63) is 108 Å². The molecule has 0 aliphatic carbocycles. The van der Waals surface area contributed by atoms with E-state index in [9.17, 15) is 41.1 Å². The van der Waals surface area contributed by atoms with Crippen molar-refractivity contribution in [2.45, 2.75) is 61.2 Å². The van der Waals surface area contributed by atoms with Gasteiger partial charge in [-0.05, 0) is 61.6 Å². The molecule has 2 heterocycles. The zero-order valence-electron chi connectivity index (χ0n) is 32.3. The minimum Gasteiger partial charge on any atom is -0.748 e. The molecular formula is C37H37N2Na3O11S3. The SMILES string of the molecule is CC1(C)C(/C=C/C=C/C=C/C=C2/N(CCCS(=O)(=O)[O-])c3ccccc3C2(C)C)=[N+](CCC(=O)[O-])c2ccc3cc(SOO[O-])cc(S(=O)(=O)[O-])c3c21.[Na+].[Na+].[Na+]. The van der Waals surface area contributed by atoms with Gasteiger partial charge in [-0.25, -0.2) is 16.8 Å². The van der Waals surface area contributed by atoms with Gasteiger partial charge in [-0.15, -0.1) is 0 Å². The van der Waals surface area contributed by atoms with Gasteiger partial charge >= 0.3 is 88.7 Å². The van der Waals surface area contributed by atoms with Gasteiger partial charge in [0.2, 0.25) is 5.69 Å². The fraction of sp³-hybridized carbons (Fsp3) is 0.297. The minimum absolute atomic E-state index is 0. The molecule has 0 saturated carbocycles. The molecule has 3 aromatic rings. The molecule has 3 aromatic carbocycles. The first-order valence-electron chi connectivity index (χ1n) is 16.5. The first kappa shape index (κ1) is 51.0. The zero-order valence-corrected chi connectivity index (χ0v) is 40.8. The van der Waals surface area contributed by atoms with Crippen LogP contribution in [-0.2, 0) is 45.2 Å². The van der Waals surface area contributed by atoms with E-state index in [0.29, 0.717) is 40.9 Å². The summed E-state index contributed by atoms with van der Waals surface area (Å²) in [7, 11) is -9.38. The van der Waals surface area contributed by atoms with E-state index < -0.39 is 42.3 Å². The number of para-hydroxylation sites is 1. The van der Waals surface area contributed by atoms with Crippen LogP contribution >= 0.6 is 12.0 Å². The number of benzene rings is 3. The maximum atomic E-state index is 12.6. The Kier molecular flexibility index (Phi) is 19.0. The predicted molar refractivity (Wildman–Crippen MR) is 194 cm³/mol. The number of carboxylic acids is 1. The van der Waals surface area contributed by atoms with Crippen LogP contribution in [0.4, 0.5) is 11.4 Å². The molecule has 0 atom stereocenters. The molecule has 0 amide bonds. The molecule has 0 radical (unpaired) electrons. The fourth-order valence-electron chi connectivity index (χ4n) is 7.15. The quantitative estimate of drug-likeness (QED) is 0.0268. The van der Waals surface area contributed by atoms with Gasteiger partial charge in [-0.1, -0.05) is 62.4 Å². The van der Waals surface area contributed by atoms with E-state index in [1.807, 2.05) is 61.2 Å². The van der Waals surface area contributed by atoms with E-state index in [1.54, 1.807) is 47.1 Å². The third kappa shape index (κ3) is 11.6. The Balaban J connectivity index is 0.00000361. The van der Waals surface area contributed by atoms with E-state index in [2.05, 4.69) is 23.2 Å². The summed E-state index contributed by atoms with van der Waals surface area (Å²) in [4.78, 5) is 13.2. The summed E-state index contributed by atoms with van der Waals surface area (Å²) in [6.45, 7) is 8.21.